The van der Waals surface area contributed by atoms with Crippen LogP contribution in [-0.4, -0.2) is 52.7 Å². The van der Waals surface area contributed by atoms with Gasteiger partial charge in [-0.1, -0.05) is 67.1 Å². The maximum Gasteiger partial charge on any atom is 0.457 e. The average Bonchev–Trinajstić information content (AvgIpc) is 3.14. The van der Waals surface area contributed by atoms with Crippen molar-refractivity contribution in [3.63, 3.8) is 0 Å². The van der Waals surface area contributed by atoms with E-state index in [4.69, 9.17) is 9.31 Å². The lowest BCUT2D eigenvalue weighted by atomic mass is 9.64. The zero-order chi connectivity index (χ0) is 32.2. The van der Waals surface area contributed by atoms with Crippen LogP contribution in [-0.2, 0) is 32.0 Å². The predicted molar refractivity (Wildman–Crippen MR) is 178 cm³/mol. The SMILES string of the molecule is CC(=O)N[C@]1(C(=O)NC(C)(C)C)C[C@H](CCB2OC(C)(C)C(C)(C)O2)CC[C@@H]1CN(Cc1ccccc1)Cc1ccccc1. The molecule has 7 nitrogen and oxygen atoms in total. The first-order valence-corrected chi connectivity index (χ1v) is 16.4. The van der Waals surface area contributed by atoms with Gasteiger partial charge < -0.3 is 19.9 Å². The van der Waals surface area contributed by atoms with Crippen molar-refractivity contribution in [2.45, 2.75) is 123 Å². The molecule has 1 heterocycles. The van der Waals surface area contributed by atoms with E-state index in [9.17, 15) is 9.59 Å². The molecule has 3 atom stereocenters. The molecule has 2 aromatic carbocycles. The normalized spacial score (nSPS) is 24.7. The van der Waals surface area contributed by atoms with E-state index >= 15 is 0 Å². The van der Waals surface area contributed by atoms with Gasteiger partial charge in [0, 0.05) is 38.0 Å². The van der Waals surface area contributed by atoms with Crippen LogP contribution in [0.15, 0.2) is 60.7 Å². The van der Waals surface area contributed by atoms with Crippen LogP contribution < -0.4 is 10.6 Å². The molecule has 0 aromatic heterocycles. The van der Waals surface area contributed by atoms with Gasteiger partial charge in [0.05, 0.1) is 11.2 Å². The summed E-state index contributed by atoms with van der Waals surface area (Å²) in [6, 6.07) is 21.0. The molecule has 1 aliphatic heterocycles. The van der Waals surface area contributed by atoms with Crippen LogP contribution >= 0.6 is 0 Å². The summed E-state index contributed by atoms with van der Waals surface area (Å²) >= 11 is 0. The smallest absolute Gasteiger partial charge is 0.403 e. The number of carbonyl (C=O) groups excluding carboxylic acids is 2. The molecule has 1 saturated heterocycles. The summed E-state index contributed by atoms with van der Waals surface area (Å²) in [4.78, 5) is 29.7. The molecule has 2 aromatic rings. The molecule has 0 bridgehead atoms. The van der Waals surface area contributed by atoms with E-state index in [0.717, 1.165) is 38.7 Å². The molecular weight excluding hydrogens is 549 g/mol. The minimum absolute atomic E-state index is 0.0609. The number of amides is 2. The maximum absolute atomic E-state index is 14.4. The van der Waals surface area contributed by atoms with Gasteiger partial charge >= 0.3 is 7.12 Å². The third-order valence-electron chi connectivity index (χ3n) is 9.61. The predicted octanol–water partition coefficient (Wildman–Crippen LogP) is 6.38. The summed E-state index contributed by atoms with van der Waals surface area (Å²) < 4.78 is 12.6. The Kier molecular flexibility index (Phi) is 10.7. The molecule has 1 aliphatic carbocycles. The van der Waals surface area contributed by atoms with Gasteiger partial charge in [0.1, 0.15) is 5.54 Å². The van der Waals surface area contributed by atoms with Gasteiger partial charge in [-0.05, 0) is 91.1 Å². The van der Waals surface area contributed by atoms with Gasteiger partial charge in [-0.2, -0.15) is 0 Å². The lowest BCUT2D eigenvalue weighted by molar-refractivity contribution is -0.140. The van der Waals surface area contributed by atoms with E-state index in [-0.39, 0.29) is 42.0 Å². The fraction of sp³-hybridized carbons (Fsp3) is 0.611. The first-order chi connectivity index (χ1) is 20.6. The quantitative estimate of drug-likeness (QED) is 0.292. The number of hydrogen-bond donors (Lipinski definition) is 2. The van der Waals surface area contributed by atoms with Crippen LogP contribution in [0.25, 0.3) is 0 Å². The highest BCUT2D eigenvalue weighted by atomic mass is 16.7. The third kappa shape index (κ3) is 8.73. The van der Waals surface area contributed by atoms with Gasteiger partial charge in [0.2, 0.25) is 11.8 Å². The third-order valence-corrected chi connectivity index (χ3v) is 9.61. The average molecular weight is 604 g/mol. The molecule has 2 amide bonds. The van der Waals surface area contributed by atoms with E-state index in [1.54, 1.807) is 0 Å². The van der Waals surface area contributed by atoms with Gasteiger partial charge in [0.15, 0.2) is 0 Å². The molecule has 1 saturated carbocycles. The minimum Gasteiger partial charge on any atom is -0.403 e. The highest BCUT2D eigenvalue weighted by Crippen LogP contribution is 2.43. The first-order valence-electron chi connectivity index (χ1n) is 16.4. The second kappa shape index (κ2) is 13.8. The molecule has 0 radical (unpaired) electrons. The van der Waals surface area contributed by atoms with E-state index < -0.39 is 11.1 Å². The Bertz CT molecular complexity index is 1190. The molecule has 8 heteroatoms. The summed E-state index contributed by atoms with van der Waals surface area (Å²) in [7, 11) is -0.275. The molecule has 4 rings (SSSR count). The Balaban J connectivity index is 1.61. The zero-order valence-corrected chi connectivity index (χ0v) is 28.2. The van der Waals surface area contributed by atoms with Crippen molar-refractivity contribution in [2.75, 3.05) is 6.54 Å². The van der Waals surface area contributed by atoms with Crippen LogP contribution in [0.1, 0.15) is 92.2 Å². The Morgan fingerprint density at radius 1 is 0.886 bits per heavy atom. The highest BCUT2D eigenvalue weighted by molar-refractivity contribution is 6.45. The van der Waals surface area contributed by atoms with E-state index in [2.05, 4.69) is 91.8 Å². The lowest BCUT2D eigenvalue weighted by Crippen LogP contribution is -2.68. The summed E-state index contributed by atoms with van der Waals surface area (Å²) in [6.45, 7) is 18.0. The maximum atomic E-state index is 14.4. The number of benzene rings is 2. The number of hydrogen-bond acceptors (Lipinski definition) is 5. The largest absolute Gasteiger partial charge is 0.457 e. The van der Waals surface area contributed by atoms with E-state index in [1.165, 1.54) is 18.1 Å². The highest BCUT2D eigenvalue weighted by Gasteiger charge is 2.53. The van der Waals surface area contributed by atoms with Crippen LogP contribution in [0.3, 0.4) is 0 Å². The topological polar surface area (TPSA) is 79.9 Å². The van der Waals surface area contributed by atoms with Crippen molar-refractivity contribution in [3.05, 3.63) is 71.8 Å². The van der Waals surface area contributed by atoms with Gasteiger partial charge in [-0.15, -0.1) is 0 Å². The van der Waals surface area contributed by atoms with Crippen molar-refractivity contribution in [2.24, 2.45) is 11.8 Å². The molecule has 2 fully saturated rings. The molecule has 240 valence electrons. The minimum atomic E-state index is -1.02. The fourth-order valence-electron chi connectivity index (χ4n) is 6.79. The second-order valence-electron chi connectivity index (χ2n) is 15.1. The Morgan fingerprint density at radius 3 is 1.89 bits per heavy atom. The molecule has 0 unspecified atom stereocenters. The van der Waals surface area contributed by atoms with Gasteiger partial charge in [-0.25, -0.2) is 0 Å². The van der Waals surface area contributed by atoms with Crippen molar-refractivity contribution in [3.8, 4) is 0 Å². The number of nitrogens with one attached hydrogen (secondary N) is 2. The molecule has 2 N–H and O–H groups in total. The van der Waals surface area contributed by atoms with Crippen LogP contribution in [0.2, 0.25) is 6.32 Å². The van der Waals surface area contributed by atoms with Crippen molar-refractivity contribution in [1.29, 1.82) is 0 Å². The summed E-state index contributed by atoms with van der Waals surface area (Å²) in [5, 5.41) is 6.50. The second-order valence-corrected chi connectivity index (χ2v) is 15.1. The van der Waals surface area contributed by atoms with E-state index in [1.807, 2.05) is 32.9 Å². The summed E-state index contributed by atoms with van der Waals surface area (Å²) in [5.74, 6) is -0.0814. The molecular formula is C36H54BN3O4. The Morgan fingerprint density at radius 2 is 1.41 bits per heavy atom. The number of nitrogens with zero attached hydrogens (tertiary/aromatic N) is 1. The monoisotopic (exact) mass is 603 g/mol. The van der Waals surface area contributed by atoms with Gasteiger partial charge in [0.25, 0.3) is 0 Å². The molecule has 0 spiro atoms. The summed E-state index contributed by atoms with van der Waals surface area (Å²) in [5.41, 5.74) is 0.249. The first kappa shape index (κ1) is 34.2. The van der Waals surface area contributed by atoms with Crippen molar-refractivity contribution >= 4 is 18.9 Å². The van der Waals surface area contributed by atoms with Crippen LogP contribution in [0.4, 0.5) is 0 Å². The molecule has 44 heavy (non-hydrogen) atoms. The Hall–Kier alpha value is -2.68. The number of carbonyl (C=O) groups is 2. The van der Waals surface area contributed by atoms with Crippen molar-refractivity contribution in [1.82, 2.24) is 15.5 Å². The number of rotatable bonds is 11. The Labute approximate surface area is 266 Å². The zero-order valence-electron chi connectivity index (χ0n) is 28.2. The molecule has 2 aliphatic rings. The fourth-order valence-corrected chi connectivity index (χ4v) is 6.79. The van der Waals surface area contributed by atoms with Crippen molar-refractivity contribution < 1.29 is 18.9 Å². The van der Waals surface area contributed by atoms with Gasteiger partial charge in [-0.3, -0.25) is 14.5 Å². The summed E-state index contributed by atoms with van der Waals surface area (Å²) in [6.07, 6.45) is 4.03. The standard InChI is InChI=1S/C36H54BN3O4/c1-27(41)38-36(32(42)39-33(2,3)4)23-28(21-22-37-43-34(5,6)35(7,8)44-37)19-20-31(36)26-40(24-29-15-11-9-12-16-29)25-30-17-13-10-14-18-30/h9-18,28,31H,19-26H2,1-8H3,(H,38,41)(H,39,42)/t28-,31+,36+/m0/s1. The lowest BCUT2D eigenvalue weighted by Gasteiger charge is -2.48. The van der Waals surface area contributed by atoms with Crippen LogP contribution in [0, 0.1) is 11.8 Å². The van der Waals surface area contributed by atoms with Crippen LogP contribution in [0.5, 0.6) is 0 Å². The van der Waals surface area contributed by atoms with E-state index in [0.29, 0.717) is 13.0 Å².